The smallest absolute Gasteiger partial charge is 0.174 e. The Labute approximate surface area is 102 Å². The molecular weight excluding hydrogens is 268 g/mol. The van der Waals surface area contributed by atoms with Crippen molar-refractivity contribution in [2.24, 2.45) is 0 Å². The van der Waals surface area contributed by atoms with Gasteiger partial charge in [-0.25, -0.2) is 9.97 Å². The monoisotopic (exact) mass is 278 g/mol. The minimum Gasteiger partial charge on any atom is -0.381 e. The van der Waals surface area contributed by atoms with Crippen LogP contribution in [0.1, 0.15) is 5.56 Å². The van der Waals surface area contributed by atoms with Gasteiger partial charge in [-0.1, -0.05) is 12.1 Å². The Hall–Kier alpha value is -1.62. The van der Waals surface area contributed by atoms with Crippen molar-refractivity contribution in [3.05, 3.63) is 40.6 Å². The first-order chi connectivity index (χ1) is 7.65. The van der Waals surface area contributed by atoms with Crippen molar-refractivity contribution in [3.8, 4) is 0 Å². The lowest BCUT2D eigenvalue weighted by Crippen LogP contribution is -2.01. The second kappa shape index (κ2) is 4.49. The third kappa shape index (κ3) is 2.49. The predicted octanol–water partition coefficient (Wildman–Crippen LogP) is 2.87. The molecule has 0 amide bonds. The normalized spacial score (nSPS) is 10.1. The maximum atomic E-state index is 5.72. The third-order valence-electron chi connectivity index (χ3n) is 2.05. The van der Waals surface area contributed by atoms with Crippen molar-refractivity contribution < 1.29 is 0 Å². The summed E-state index contributed by atoms with van der Waals surface area (Å²) in [5, 5.41) is 3.13. The average Bonchev–Trinajstić information content (AvgIpc) is 2.24. The van der Waals surface area contributed by atoms with E-state index < -0.39 is 0 Å². The van der Waals surface area contributed by atoms with E-state index in [9.17, 15) is 0 Å². The van der Waals surface area contributed by atoms with Crippen LogP contribution < -0.4 is 11.1 Å². The van der Waals surface area contributed by atoms with Gasteiger partial charge in [0.15, 0.2) is 11.6 Å². The molecule has 0 unspecified atom stereocenters. The van der Waals surface area contributed by atoms with Crippen molar-refractivity contribution in [1.29, 1.82) is 0 Å². The predicted molar refractivity (Wildman–Crippen MR) is 68.6 cm³/mol. The van der Waals surface area contributed by atoms with Crippen LogP contribution in [-0.2, 0) is 0 Å². The van der Waals surface area contributed by atoms with Gasteiger partial charge in [-0.3, -0.25) is 0 Å². The Kier molecular flexibility index (Phi) is 3.05. The number of aromatic nitrogens is 2. The zero-order valence-electron chi connectivity index (χ0n) is 8.74. The molecule has 1 heterocycles. The van der Waals surface area contributed by atoms with Gasteiger partial charge in [0.05, 0.1) is 6.20 Å². The number of nitrogens with one attached hydrogen (secondary N) is 1. The largest absolute Gasteiger partial charge is 0.381 e. The zero-order chi connectivity index (χ0) is 11.5. The quantitative estimate of drug-likeness (QED) is 0.887. The second-order valence-corrected chi connectivity index (χ2v) is 4.23. The maximum Gasteiger partial charge on any atom is 0.174 e. The molecule has 0 saturated heterocycles. The van der Waals surface area contributed by atoms with Crippen molar-refractivity contribution in [2.45, 2.75) is 6.92 Å². The zero-order valence-corrected chi connectivity index (χ0v) is 10.3. The molecular formula is C11H11BrN4. The van der Waals surface area contributed by atoms with E-state index in [1.807, 2.05) is 31.2 Å². The molecule has 0 atom stereocenters. The van der Waals surface area contributed by atoms with Gasteiger partial charge in [0, 0.05) is 5.69 Å². The highest BCUT2D eigenvalue weighted by Gasteiger charge is 2.03. The Morgan fingerprint density at radius 1 is 1.38 bits per heavy atom. The van der Waals surface area contributed by atoms with Crippen LogP contribution in [-0.4, -0.2) is 9.97 Å². The van der Waals surface area contributed by atoms with Crippen molar-refractivity contribution in [1.82, 2.24) is 9.97 Å². The van der Waals surface area contributed by atoms with Crippen LogP contribution in [0.4, 0.5) is 17.3 Å². The Bertz CT molecular complexity index is 513. The Morgan fingerprint density at radius 3 is 2.94 bits per heavy atom. The van der Waals surface area contributed by atoms with Gasteiger partial charge in [0.2, 0.25) is 0 Å². The molecule has 0 aliphatic heterocycles. The molecule has 0 aliphatic carbocycles. The lowest BCUT2D eigenvalue weighted by atomic mass is 10.2. The number of hydrogen-bond acceptors (Lipinski definition) is 4. The molecule has 3 N–H and O–H groups in total. The number of rotatable bonds is 2. The topological polar surface area (TPSA) is 63.8 Å². The molecule has 0 fully saturated rings. The number of hydrogen-bond donors (Lipinski definition) is 2. The van der Waals surface area contributed by atoms with Crippen LogP contribution >= 0.6 is 15.9 Å². The summed E-state index contributed by atoms with van der Waals surface area (Å²) in [5.41, 5.74) is 7.83. The summed E-state index contributed by atoms with van der Waals surface area (Å²) < 4.78 is 0.650. The van der Waals surface area contributed by atoms with Gasteiger partial charge < -0.3 is 11.1 Å². The summed E-state index contributed by atoms with van der Waals surface area (Å²) in [6.45, 7) is 2.03. The maximum absolute atomic E-state index is 5.72. The molecule has 16 heavy (non-hydrogen) atoms. The van der Waals surface area contributed by atoms with E-state index in [4.69, 9.17) is 5.73 Å². The minimum atomic E-state index is 0.379. The van der Waals surface area contributed by atoms with Crippen LogP contribution in [0.25, 0.3) is 0 Å². The molecule has 4 nitrogen and oxygen atoms in total. The number of nitrogen functional groups attached to an aromatic ring is 1. The summed E-state index contributed by atoms with van der Waals surface area (Å²) >= 11 is 3.25. The Balaban J connectivity index is 2.30. The summed E-state index contributed by atoms with van der Waals surface area (Å²) in [5.74, 6) is 0.935. The average molecular weight is 279 g/mol. The van der Waals surface area contributed by atoms with E-state index in [-0.39, 0.29) is 0 Å². The number of aryl methyl sites for hydroxylation is 1. The summed E-state index contributed by atoms with van der Waals surface area (Å²) in [7, 11) is 0. The SMILES string of the molecule is Cc1cccc(Nc2nc(Br)cnc2N)c1. The number of nitrogens with two attached hydrogens (primary N) is 1. The van der Waals surface area contributed by atoms with Crippen LogP contribution in [0.5, 0.6) is 0 Å². The lowest BCUT2D eigenvalue weighted by Gasteiger charge is -2.08. The van der Waals surface area contributed by atoms with Crippen molar-refractivity contribution in [2.75, 3.05) is 11.1 Å². The first kappa shape index (κ1) is 10.9. The van der Waals surface area contributed by atoms with Gasteiger partial charge >= 0.3 is 0 Å². The van der Waals surface area contributed by atoms with Crippen LogP contribution in [0.3, 0.4) is 0 Å². The number of anilines is 3. The molecule has 0 aliphatic rings. The number of benzene rings is 1. The highest BCUT2D eigenvalue weighted by atomic mass is 79.9. The molecule has 0 radical (unpaired) electrons. The fourth-order valence-corrected chi connectivity index (χ4v) is 1.61. The minimum absolute atomic E-state index is 0.379. The van der Waals surface area contributed by atoms with Gasteiger partial charge in [-0.05, 0) is 40.5 Å². The molecule has 2 aromatic rings. The fraction of sp³-hybridized carbons (Fsp3) is 0.0909. The highest BCUT2D eigenvalue weighted by molar-refractivity contribution is 9.10. The molecule has 0 saturated carbocycles. The molecule has 0 bridgehead atoms. The molecule has 2 rings (SSSR count). The fourth-order valence-electron chi connectivity index (χ4n) is 1.33. The van der Waals surface area contributed by atoms with Crippen molar-refractivity contribution >= 4 is 33.3 Å². The van der Waals surface area contributed by atoms with Crippen molar-refractivity contribution in [3.63, 3.8) is 0 Å². The third-order valence-corrected chi connectivity index (χ3v) is 2.43. The van der Waals surface area contributed by atoms with Crippen LogP contribution in [0.2, 0.25) is 0 Å². The van der Waals surface area contributed by atoms with E-state index in [0.29, 0.717) is 16.2 Å². The molecule has 1 aromatic heterocycles. The van der Waals surface area contributed by atoms with E-state index in [1.54, 1.807) is 6.20 Å². The van der Waals surface area contributed by atoms with E-state index in [0.717, 1.165) is 5.69 Å². The summed E-state index contributed by atoms with van der Waals surface area (Å²) in [4.78, 5) is 8.22. The van der Waals surface area contributed by atoms with Crippen LogP contribution in [0.15, 0.2) is 35.1 Å². The van der Waals surface area contributed by atoms with Gasteiger partial charge in [-0.2, -0.15) is 0 Å². The molecule has 5 heteroatoms. The second-order valence-electron chi connectivity index (χ2n) is 3.42. The van der Waals surface area contributed by atoms with Gasteiger partial charge in [0.1, 0.15) is 4.60 Å². The first-order valence-corrected chi connectivity index (χ1v) is 5.56. The van der Waals surface area contributed by atoms with Gasteiger partial charge in [0.25, 0.3) is 0 Å². The van der Waals surface area contributed by atoms with E-state index >= 15 is 0 Å². The van der Waals surface area contributed by atoms with E-state index in [2.05, 4.69) is 31.2 Å². The summed E-state index contributed by atoms with van der Waals surface area (Å²) in [6, 6.07) is 7.97. The Morgan fingerprint density at radius 2 is 2.19 bits per heavy atom. The number of nitrogens with zero attached hydrogens (tertiary/aromatic N) is 2. The summed E-state index contributed by atoms with van der Waals surface area (Å²) in [6.07, 6.45) is 1.57. The molecule has 1 aromatic carbocycles. The molecule has 0 spiro atoms. The number of halogens is 1. The van der Waals surface area contributed by atoms with E-state index in [1.165, 1.54) is 5.56 Å². The molecule has 82 valence electrons. The highest BCUT2D eigenvalue weighted by Crippen LogP contribution is 2.21. The van der Waals surface area contributed by atoms with Crippen LogP contribution in [0, 0.1) is 6.92 Å². The first-order valence-electron chi connectivity index (χ1n) is 4.77. The standard InChI is InChI=1S/C11H11BrN4/c1-7-3-2-4-8(5-7)15-11-10(13)14-6-9(12)16-11/h2-6H,1H3,(H2,13,14)(H,15,16). The lowest BCUT2D eigenvalue weighted by molar-refractivity contribution is 1.17. The van der Waals surface area contributed by atoms with Gasteiger partial charge in [-0.15, -0.1) is 0 Å².